The summed E-state index contributed by atoms with van der Waals surface area (Å²) in [6.45, 7) is 8.24. The maximum Gasteiger partial charge on any atom is 0.254 e. The van der Waals surface area contributed by atoms with E-state index in [1.807, 2.05) is 72.2 Å². The molecule has 0 spiro atoms. The van der Waals surface area contributed by atoms with Gasteiger partial charge in [-0.2, -0.15) is 0 Å². The lowest BCUT2D eigenvalue weighted by atomic mass is 10.00. The van der Waals surface area contributed by atoms with Crippen LogP contribution < -0.4 is 4.74 Å². The molecule has 0 saturated carbocycles. The maximum atomic E-state index is 13.6. The summed E-state index contributed by atoms with van der Waals surface area (Å²) in [7, 11) is 0. The zero-order chi connectivity index (χ0) is 24.2. The lowest BCUT2D eigenvalue weighted by Crippen LogP contribution is -2.51. The summed E-state index contributed by atoms with van der Waals surface area (Å²) in [5.74, 6) is 0.890. The Kier molecular flexibility index (Phi) is 7.20. The minimum atomic E-state index is -0.248. The molecule has 2 aromatic carbocycles. The van der Waals surface area contributed by atoms with Crippen LogP contribution in [0.4, 0.5) is 0 Å². The van der Waals surface area contributed by atoms with Crippen molar-refractivity contribution in [1.82, 2.24) is 14.7 Å². The van der Waals surface area contributed by atoms with Crippen LogP contribution in [0.25, 0.3) is 0 Å². The Morgan fingerprint density at radius 2 is 1.82 bits per heavy atom. The summed E-state index contributed by atoms with van der Waals surface area (Å²) in [6, 6.07) is 15.1. The maximum absolute atomic E-state index is 13.6. The highest BCUT2D eigenvalue weighted by Crippen LogP contribution is 2.29. The Morgan fingerprint density at radius 3 is 2.47 bits per heavy atom. The molecule has 0 radical (unpaired) electrons. The van der Waals surface area contributed by atoms with E-state index >= 15 is 0 Å². The first-order valence-electron chi connectivity index (χ1n) is 12.0. The number of hydrogen-bond acceptors (Lipinski definition) is 4. The first kappa shape index (κ1) is 23.8. The van der Waals surface area contributed by atoms with Crippen molar-refractivity contribution in [2.24, 2.45) is 0 Å². The first-order chi connectivity index (χ1) is 16.3. The minimum Gasteiger partial charge on any atom is -0.491 e. The van der Waals surface area contributed by atoms with Crippen LogP contribution in [0.1, 0.15) is 61.1 Å². The highest BCUT2D eigenvalue weighted by Gasteiger charge is 2.33. The van der Waals surface area contributed by atoms with E-state index in [1.54, 1.807) is 11.8 Å². The second-order valence-electron chi connectivity index (χ2n) is 9.33. The van der Waals surface area contributed by atoms with E-state index in [1.165, 1.54) is 0 Å². The van der Waals surface area contributed by atoms with Crippen molar-refractivity contribution in [1.29, 1.82) is 0 Å². The molecule has 2 fully saturated rings. The molecule has 7 heteroatoms. The molecular weight excluding hydrogens is 430 g/mol. The first-order valence-corrected chi connectivity index (χ1v) is 12.0. The minimum absolute atomic E-state index is 0.00846. The van der Waals surface area contributed by atoms with Gasteiger partial charge in [0, 0.05) is 51.6 Å². The van der Waals surface area contributed by atoms with Crippen LogP contribution in [0.5, 0.6) is 5.75 Å². The van der Waals surface area contributed by atoms with Gasteiger partial charge in [0.2, 0.25) is 11.8 Å². The van der Waals surface area contributed by atoms with E-state index in [4.69, 9.17) is 4.74 Å². The van der Waals surface area contributed by atoms with Crippen molar-refractivity contribution in [3.63, 3.8) is 0 Å². The molecule has 1 atom stereocenters. The Balaban J connectivity index is 1.56. The van der Waals surface area contributed by atoms with Crippen molar-refractivity contribution < 1.29 is 19.1 Å². The van der Waals surface area contributed by atoms with Crippen molar-refractivity contribution in [2.45, 2.75) is 52.3 Å². The number of benzene rings is 2. The molecule has 2 heterocycles. The SMILES string of the molecule is CC(=O)N1CCN(C(=O)c2cccc(CN3CCCC3=O)c2)C(c2ccc(OC(C)C)cc2)C1. The summed E-state index contributed by atoms with van der Waals surface area (Å²) in [5, 5.41) is 0. The predicted octanol–water partition coefficient (Wildman–Crippen LogP) is 3.64. The number of ether oxygens (including phenoxy) is 1. The van der Waals surface area contributed by atoms with Crippen molar-refractivity contribution in [2.75, 3.05) is 26.2 Å². The largest absolute Gasteiger partial charge is 0.491 e. The zero-order valence-corrected chi connectivity index (χ0v) is 20.2. The molecular formula is C27H33N3O4. The van der Waals surface area contributed by atoms with E-state index in [0.717, 1.165) is 29.8 Å². The van der Waals surface area contributed by atoms with Gasteiger partial charge in [0.15, 0.2) is 0 Å². The van der Waals surface area contributed by atoms with Crippen LogP contribution in [0.15, 0.2) is 48.5 Å². The molecule has 180 valence electrons. The molecule has 0 N–H and O–H groups in total. The van der Waals surface area contributed by atoms with Gasteiger partial charge in [-0.05, 0) is 55.7 Å². The third kappa shape index (κ3) is 5.41. The van der Waals surface area contributed by atoms with Crippen LogP contribution in [-0.2, 0) is 16.1 Å². The lowest BCUT2D eigenvalue weighted by molar-refractivity contribution is -0.131. The molecule has 2 aliphatic rings. The van der Waals surface area contributed by atoms with Crippen LogP contribution >= 0.6 is 0 Å². The van der Waals surface area contributed by atoms with Crippen LogP contribution in [-0.4, -0.2) is 64.7 Å². The summed E-state index contributed by atoms with van der Waals surface area (Å²) in [6.07, 6.45) is 1.57. The monoisotopic (exact) mass is 463 g/mol. The van der Waals surface area contributed by atoms with E-state index in [2.05, 4.69) is 0 Å². The van der Waals surface area contributed by atoms with Crippen LogP contribution in [0.2, 0.25) is 0 Å². The second-order valence-corrected chi connectivity index (χ2v) is 9.33. The molecule has 2 saturated heterocycles. The summed E-state index contributed by atoms with van der Waals surface area (Å²) < 4.78 is 5.76. The smallest absolute Gasteiger partial charge is 0.254 e. The van der Waals surface area contributed by atoms with Crippen LogP contribution in [0.3, 0.4) is 0 Å². The zero-order valence-electron chi connectivity index (χ0n) is 20.2. The van der Waals surface area contributed by atoms with Crippen molar-refractivity contribution >= 4 is 17.7 Å². The quantitative estimate of drug-likeness (QED) is 0.656. The molecule has 3 amide bonds. The van der Waals surface area contributed by atoms with Gasteiger partial charge in [0.05, 0.1) is 12.1 Å². The number of amides is 3. The van der Waals surface area contributed by atoms with E-state index < -0.39 is 0 Å². The highest BCUT2D eigenvalue weighted by molar-refractivity contribution is 5.95. The number of nitrogens with zero attached hydrogens (tertiary/aromatic N) is 3. The molecule has 0 aliphatic carbocycles. The Morgan fingerprint density at radius 1 is 1.06 bits per heavy atom. The fraction of sp³-hybridized carbons (Fsp3) is 0.444. The molecule has 0 aromatic heterocycles. The number of carbonyl (C=O) groups excluding carboxylic acids is 3. The van der Waals surface area contributed by atoms with Gasteiger partial charge in [0.25, 0.3) is 5.91 Å². The number of rotatable bonds is 6. The Hall–Kier alpha value is -3.35. The predicted molar refractivity (Wildman–Crippen MR) is 129 cm³/mol. The standard InChI is InChI=1S/C27H33N3O4/c1-19(2)34-24-11-9-22(10-12-24)25-18-28(20(3)31)14-15-30(25)27(33)23-7-4-6-21(16-23)17-29-13-5-8-26(29)32/h4,6-7,9-12,16,19,25H,5,8,13-15,17-18H2,1-3H3. The van der Waals surface area contributed by atoms with E-state index in [0.29, 0.717) is 38.2 Å². The van der Waals surface area contributed by atoms with Gasteiger partial charge < -0.3 is 19.4 Å². The van der Waals surface area contributed by atoms with Gasteiger partial charge in [-0.15, -0.1) is 0 Å². The molecule has 2 aliphatic heterocycles. The second kappa shape index (κ2) is 10.3. The van der Waals surface area contributed by atoms with Crippen molar-refractivity contribution in [3.8, 4) is 5.75 Å². The summed E-state index contributed by atoms with van der Waals surface area (Å²) >= 11 is 0. The van der Waals surface area contributed by atoms with E-state index in [-0.39, 0.29) is 29.9 Å². The number of likely N-dealkylation sites (tertiary alicyclic amines) is 1. The lowest BCUT2D eigenvalue weighted by Gasteiger charge is -2.41. The number of piperazine rings is 1. The molecule has 0 bridgehead atoms. The third-order valence-corrected chi connectivity index (χ3v) is 6.44. The summed E-state index contributed by atoms with van der Waals surface area (Å²) in [4.78, 5) is 43.3. The average Bonchev–Trinajstić information content (AvgIpc) is 3.22. The topological polar surface area (TPSA) is 70.2 Å². The molecule has 7 nitrogen and oxygen atoms in total. The summed E-state index contributed by atoms with van der Waals surface area (Å²) in [5.41, 5.74) is 2.52. The molecule has 2 aromatic rings. The van der Waals surface area contributed by atoms with Gasteiger partial charge in [-0.3, -0.25) is 14.4 Å². The fourth-order valence-corrected chi connectivity index (χ4v) is 4.70. The van der Waals surface area contributed by atoms with Gasteiger partial charge in [0.1, 0.15) is 5.75 Å². The fourth-order valence-electron chi connectivity index (χ4n) is 4.70. The van der Waals surface area contributed by atoms with Crippen LogP contribution in [0, 0.1) is 0 Å². The van der Waals surface area contributed by atoms with Gasteiger partial charge in [-0.25, -0.2) is 0 Å². The Bertz CT molecular complexity index is 1050. The van der Waals surface area contributed by atoms with Gasteiger partial charge in [-0.1, -0.05) is 24.3 Å². The van der Waals surface area contributed by atoms with Crippen molar-refractivity contribution in [3.05, 3.63) is 65.2 Å². The Labute approximate surface area is 201 Å². The van der Waals surface area contributed by atoms with E-state index in [9.17, 15) is 14.4 Å². The number of carbonyl (C=O) groups is 3. The van der Waals surface area contributed by atoms with Gasteiger partial charge >= 0.3 is 0 Å². The third-order valence-electron chi connectivity index (χ3n) is 6.44. The molecule has 1 unspecified atom stereocenters. The normalized spacial score (nSPS) is 18.5. The highest BCUT2D eigenvalue weighted by atomic mass is 16.5. The number of hydrogen-bond donors (Lipinski definition) is 0. The molecule has 34 heavy (non-hydrogen) atoms. The average molecular weight is 464 g/mol. The molecule has 4 rings (SSSR count).